The third-order valence-corrected chi connectivity index (χ3v) is 6.12. The number of ether oxygens (including phenoxy) is 2. The zero-order valence-electron chi connectivity index (χ0n) is 20.7. The van der Waals surface area contributed by atoms with E-state index < -0.39 is 11.1 Å². The molecule has 0 radical (unpaired) electrons. The van der Waals surface area contributed by atoms with Gasteiger partial charge in [0.1, 0.15) is 18.5 Å². The van der Waals surface area contributed by atoms with Gasteiger partial charge in [-0.1, -0.05) is 50.1 Å². The first kappa shape index (κ1) is 27.1. The van der Waals surface area contributed by atoms with E-state index >= 15 is 0 Å². The Morgan fingerprint density at radius 3 is 2.47 bits per heavy atom. The van der Waals surface area contributed by atoms with Crippen molar-refractivity contribution in [2.24, 2.45) is 0 Å². The quantitative estimate of drug-likeness (QED) is 0.173. The number of hydrogen-bond donors (Lipinski definition) is 0. The molecule has 9 heteroatoms. The van der Waals surface area contributed by atoms with E-state index in [-0.39, 0.29) is 18.7 Å². The smallest absolute Gasteiger partial charge is 0.343 e. The molecule has 1 aliphatic rings. The third-order valence-electron chi connectivity index (χ3n) is 6.12. The minimum absolute atomic E-state index is 0.0406. The second-order valence-electron chi connectivity index (χ2n) is 8.94. The third kappa shape index (κ3) is 8.96. The molecular formula is C27H34N2O7. The summed E-state index contributed by atoms with van der Waals surface area (Å²) in [5.74, 6) is -0.351. The largest absolute Gasteiger partial charge is 0.461 e. The van der Waals surface area contributed by atoms with Crippen LogP contribution in [0.4, 0.5) is 0 Å². The summed E-state index contributed by atoms with van der Waals surface area (Å²) in [7, 11) is 0. The highest BCUT2D eigenvalue weighted by atomic mass is 16.9. The molecule has 0 amide bonds. The van der Waals surface area contributed by atoms with Crippen LogP contribution in [0.3, 0.4) is 0 Å². The average molecular weight is 499 g/mol. The highest BCUT2D eigenvalue weighted by Gasteiger charge is 2.21. The van der Waals surface area contributed by atoms with Gasteiger partial charge in [0.25, 0.3) is 5.09 Å². The van der Waals surface area contributed by atoms with Crippen LogP contribution in [0.15, 0.2) is 48.5 Å². The molecule has 0 bridgehead atoms. The van der Waals surface area contributed by atoms with Crippen LogP contribution in [0.25, 0.3) is 0 Å². The topological polar surface area (TPSA) is 108 Å². The van der Waals surface area contributed by atoms with Gasteiger partial charge in [0.2, 0.25) is 0 Å². The molecule has 1 unspecified atom stereocenters. The SMILES string of the molecule is CCCC(Cc1ccccc1C(=O)Oc1ccc(CCO[N+](=O)[O-])cc1)OC(=O)CN1CCCCC1. The minimum atomic E-state index is -0.825. The fourth-order valence-corrected chi connectivity index (χ4v) is 4.31. The fraction of sp³-hybridized carbons (Fsp3) is 0.481. The zero-order chi connectivity index (χ0) is 25.8. The number of carbonyl (C=O) groups excluding carboxylic acids is 2. The lowest BCUT2D eigenvalue weighted by Crippen LogP contribution is -2.36. The fourth-order valence-electron chi connectivity index (χ4n) is 4.31. The average Bonchev–Trinajstić information content (AvgIpc) is 2.86. The number of likely N-dealkylation sites (tertiary alicyclic amines) is 1. The van der Waals surface area contributed by atoms with E-state index in [0.29, 0.717) is 37.1 Å². The van der Waals surface area contributed by atoms with E-state index in [1.807, 2.05) is 19.1 Å². The van der Waals surface area contributed by atoms with Gasteiger partial charge < -0.3 is 14.3 Å². The molecule has 0 N–H and O–H groups in total. The first-order valence-electron chi connectivity index (χ1n) is 12.5. The molecule has 36 heavy (non-hydrogen) atoms. The van der Waals surface area contributed by atoms with E-state index in [2.05, 4.69) is 9.74 Å². The van der Waals surface area contributed by atoms with Crippen LogP contribution in [0.1, 0.15) is 60.5 Å². The van der Waals surface area contributed by atoms with Crippen molar-refractivity contribution in [2.75, 3.05) is 26.2 Å². The number of carbonyl (C=O) groups is 2. The maximum absolute atomic E-state index is 13.0. The molecule has 1 atom stereocenters. The maximum atomic E-state index is 13.0. The zero-order valence-corrected chi connectivity index (χ0v) is 20.7. The van der Waals surface area contributed by atoms with E-state index in [1.54, 1.807) is 36.4 Å². The molecule has 1 aliphatic heterocycles. The van der Waals surface area contributed by atoms with Gasteiger partial charge in [-0.3, -0.25) is 9.69 Å². The Morgan fingerprint density at radius 2 is 1.78 bits per heavy atom. The monoisotopic (exact) mass is 498 g/mol. The van der Waals surface area contributed by atoms with E-state index in [0.717, 1.165) is 43.5 Å². The molecule has 9 nitrogen and oxygen atoms in total. The van der Waals surface area contributed by atoms with Crippen LogP contribution in [0.2, 0.25) is 0 Å². The van der Waals surface area contributed by atoms with Crippen molar-refractivity contribution >= 4 is 11.9 Å². The summed E-state index contributed by atoms with van der Waals surface area (Å²) in [5.41, 5.74) is 2.01. The normalized spacial score (nSPS) is 14.6. The van der Waals surface area contributed by atoms with Crippen LogP contribution in [0.5, 0.6) is 5.75 Å². The van der Waals surface area contributed by atoms with Gasteiger partial charge in [0, 0.05) is 6.42 Å². The lowest BCUT2D eigenvalue weighted by molar-refractivity contribution is -0.757. The molecule has 3 rings (SSSR count). The molecule has 0 aromatic heterocycles. The van der Waals surface area contributed by atoms with Gasteiger partial charge in [-0.05, 0) is 68.1 Å². The van der Waals surface area contributed by atoms with Gasteiger partial charge in [0.05, 0.1) is 12.1 Å². The molecule has 1 saturated heterocycles. The molecule has 0 spiro atoms. The molecular weight excluding hydrogens is 464 g/mol. The van der Waals surface area contributed by atoms with Gasteiger partial charge in [-0.2, -0.15) is 0 Å². The summed E-state index contributed by atoms with van der Waals surface area (Å²) in [6.07, 6.45) is 5.47. The van der Waals surface area contributed by atoms with Gasteiger partial charge in [-0.25, -0.2) is 4.79 Å². The lowest BCUT2D eigenvalue weighted by Gasteiger charge is -2.26. The molecule has 0 aliphatic carbocycles. The highest BCUT2D eigenvalue weighted by Crippen LogP contribution is 2.20. The summed E-state index contributed by atoms with van der Waals surface area (Å²) in [6, 6.07) is 13.9. The number of piperidine rings is 1. The minimum Gasteiger partial charge on any atom is -0.461 e. The van der Waals surface area contributed by atoms with Gasteiger partial charge >= 0.3 is 11.9 Å². The van der Waals surface area contributed by atoms with Crippen molar-refractivity contribution in [2.45, 2.75) is 58.0 Å². The van der Waals surface area contributed by atoms with E-state index in [1.165, 1.54) is 6.42 Å². The Balaban J connectivity index is 1.59. The van der Waals surface area contributed by atoms with Crippen LogP contribution >= 0.6 is 0 Å². The summed E-state index contributed by atoms with van der Waals surface area (Å²) in [5, 5.41) is 9.44. The summed E-state index contributed by atoms with van der Waals surface area (Å²) >= 11 is 0. The maximum Gasteiger partial charge on any atom is 0.343 e. The molecule has 1 heterocycles. The Bertz CT molecular complexity index is 1000. The first-order valence-corrected chi connectivity index (χ1v) is 12.5. The number of esters is 2. The van der Waals surface area contributed by atoms with E-state index in [4.69, 9.17) is 9.47 Å². The van der Waals surface area contributed by atoms with Crippen LogP contribution in [-0.2, 0) is 27.2 Å². The molecule has 2 aromatic rings. The second-order valence-corrected chi connectivity index (χ2v) is 8.94. The molecule has 2 aromatic carbocycles. The number of rotatable bonds is 13. The standard InChI is InChI=1S/C27H34N2O7/c1-2-8-24(35-26(30)20-28-16-6-3-7-17-28)19-22-9-4-5-10-25(22)27(31)36-23-13-11-21(12-14-23)15-18-34-29(32)33/h4-5,9-14,24H,2-3,6-8,15-20H2,1H3. The Morgan fingerprint density at radius 1 is 1.06 bits per heavy atom. The summed E-state index contributed by atoms with van der Waals surface area (Å²) in [6.45, 7) is 4.16. The van der Waals surface area contributed by atoms with Crippen molar-refractivity contribution in [3.05, 3.63) is 75.3 Å². The Kier molecular flexibility index (Phi) is 10.7. The van der Waals surface area contributed by atoms with Crippen LogP contribution in [-0.4, -0.2) is 54.3 Å². The Hall–Kier alpha value is -3.46. The molecule has 194 valence electrons. The summed E-state index contributed by atoms with van der Waals surface area (Å²) in [4.78, 5) is 42.3. The molecule has 0 saturated carbocycles. The second kappa shape index (κ2) is 14.2. The van der Waals surface area contributed by atoms with Crippen molar-refractivity contribution in [1.29, 1.82) is 0 Å². The molecule has 1 fully saturated rings. The number of benzene rings is 2. The number of nitrogens with zero attached hydrogens (tertiary/aromatic N) is 2. The Labute approximate surface area is 211 Å². The van der Waals surface area contributed by atoms with Crippen molar-refractivity contribution in [1.82, 2.24) is 4.90 Å². The van der Waals surface area contributed by atoms with Crippen molar-refractivity contribution < 1.29 is 29.0 Å². The summed E-state index contributed by atoms with van der Waals surface area (Å²) < 4.78 is 11.4. The van der Waals surface area contributed by atoms with Crippen LogP contribution in [0, 0.1) is 10.1 Å². The highest BCUT2D eigenvalue weighted by molar-refractivity contribution is 5.92. The lowest BCUT2D eigenvalue weighted by atomic mass is 9.99. The van der Waals surface area contributed by atoms with Crippen LogP contribution < -0.4 is 4.74 Å². The van der Waals surface area contributed by atoms with Crippen molar-refractivity contribution in [3.63, 3.8) is 0 Å². The van der Waals surface area contributed by atoms with E-state index in [9.17, 15) is 19.7 Å². The van der Waals surface area contributed by atoms with Gasteiger partial charge in [0.15, 0.2) is 0 Å². The number of hydrogen-bond acceptors (Lipinski definition) is 8. The first-order chi connectivity index (χ1) is 17.4. The van der Waals surface area contributed by atoms with Gasteiger partial charge in [-0.15, -0.1) is 10.1 Å². The predicted octanol–water partition coefficient (Wildman–Crippen LogP) is 4.40. The predicted molar refractivity (Wildman–Crippen MR) is 133 cm³/mol. The van der Waals surface area contributed by atoms with Crippen molar-refractivity contribution in [3.8, 4) is 5.75 Å².